The monoisotopic (exact) mass is 1430 g/mol. The second-order valence-corrected chi connectivity index (χ2v) is 33.1. The molecule has 0 saturated carbocycles. The van der Waals surface area contributed by atoms with Crippen LogP contribution < -0.4 is 0 Å². The van der Waals surface area contributed by atoms with Crippen LogP contribution in [0.1, 0.15) is 463 Å². The molecule has 0 aliphatic rings. The van der Waals surface area contributed by atoms with Crippen LogP contribution in [0.4, 0.5) is 0 Å². The van der Waals surface area contributed by atoms with Crippen LogP contribution in [-0.4, -0.2) is 74.9 Å². The molecule has 0 aromatic carbocycles. The zero-order valence-electron chi connectivity index (χ0n) is 67.7. The maximum Gasteiger partial charge on any atom is 0.472 e. The average Bonchev–Trinajstić information content (AvgIpc) is 1.30. The van der Waals surface area contributed by atoms with Gasteiger partial charge in [-0.15, -0.1) is 0 Å². The van der Waals surface area contributed by atoms with Gasteiger partial charge in [0.1, 0.15) is 19.8 Å². The van der Waals surface area contributed by atoms with Gasteiger partial charge in [-0.3, -0.25) is 18.6 Å². The van der Waals surface area contributed by atoms with E-state index in [4.69, 9.17) is 18.5 Å². The lowest BCUT2D eigenvalue weighted by molar-refractivity contribution is -0.870. The third-order valence-corrected chi connectivity index (χ3v) is 21.3. The minimum absolute atomic E-state index is 0.0353. The van der Waals surface area contributed by atoms with Crippen LogP contribution in [0.2, 0.25) is 0 Å². The molecule has 0 aromatic rings. The number of esters is 2. The molecule has 0 aliphatic heterocycles. The number of rotatable bonds is 84. The summed E-state index contributed by atoms with van der Waals surface area (Å²) in [5.74, 6) is -0.769. The van der Waals surface area contributed by atoms with E-state index in [1.807, 2.05) is 21.1 Å². The summed E-state index contributed by atoms with van der Waals surface area (Å²) in [6.07, 6.45) is 109. The summed E-state index contributed by atoms with van der Waals surface area (Å²) in [6, 6.07) is 0. The van der Waals surface area contributed by atoms with Gasteiger partial charge in [0, 0.05) is 12.8 Å². The predicted octanol–water partition coefficient (Wildman–Crippen LogP) is 29.9. The maximum atomic E-state index is 12.9. The molecule has 0 saturated heterocycles. The van der Waals surface area contributed by atoms with Gasteiger partial charge in [0.2, 0.25) is 0 Å². The van der Waals surface area contributed by atoms with E-state index in [1.165, 1.54) is 385 Å². The van der Waals surface area contributed by atoms with Crippen LogP contribution in [0.5, 0.6) is 0 Å². The van der Waals surface area contributed by atoms with Crippen LogP contribution in [0.15, 0.2) is 48.6 Å². The molecule has 10 heteroatoms. The van der Waals surface area contributed by atoms with Gasteiger partial charge >= 0.3 is 19.8 Å². The number of unbranched alkanes of at least 4 members (excludes halogenated alkanes) is 62. The first-order chi connectivity index (χ1) is 49.0. The number of hydrogen-bond acceptors (Lipinski definition) is 7. The van der Waals surface area contributed by atoms with Crippen molar-refractivity contribution in [3.05, 3.63) is 48.6 Å². The Morgan fingerprint density at radius 3 is 0.810 bits per heavy atom. The highest BCUT2D eigenvalue weighted by Gasteiger charge is 2.27. The Bertz CT molecular complexity index is 1830. The number of likely N-dealkylation sites (N-methyl/N-ethyl adjacent to an activating group) is 1. The first-order valence-electron chi connectivity index (χ1n) is 44.4. The number of nitrogens with zero attached hydrogens (tertiary/aromatic N) is 1. The zero-order valence-corrected chi connectivity index (χ0v) is 68.6. The van der Waals surface area contributed by atoms with E-state index >= 15 is 0 Å². The number of allylic oxidation sites excluding steroid dienone is 8. The van der Waals surface area contributed by atoms with E-state index < -0.39 is 26.5 Å². The summed E-state index contributed by atoms with van der Waals surface area (Å²) in [7, 11) is 1.50. The second-order valence-electron chi connectivity index (χ2n) is 31.6. The number of ether oxygens (including phenoxy) is 2. The lowest BCUT2D eigenvalue weighted by atomic mass is 10.0. The van der Waals surface area contributed by atoms with Gasteiger partial charge in [0.05, 0.1) is 27.7 Å². The summed E-state index contributed by atoms with van der Waals surface area (Å²) < 4.78 is 34.9. The lowest BCUT2D eigenvalue weighted by Gasteiger charge is -2.24. The number of carbonyl (C=O) groups is 2. The highest BCUT2D eigenvalue weighted by molar-refractivity contribution is 7.47. The fraction of sp³-hybridized carbons (Fsp3) is 0.889. The largest absolute Gasteiger partial charge is 0.472 e. The molecule has 0 bridgehead atoms. The molecular weight excluding hydrogens is 1250 g/mol. The fourth-order valence-electron chi connectivity index (χ4n) is 13.6. The molecule has 0 amide bonds. The summed E-state index contributed by atoms with van der Waals surface area (Å²) in [4.78, 5) is 36.1. The standard InChI is InChI=1S/C90H172NO8P/c1-6-8-10-12-14-16-18-20-22-24-26-28-30-32-34-36-38-40-42-43-44-45-46-47-49-51-53-55-57-59-61-63-65-67-69-71-73-75-77-79-81-83-90(93)99-88(87-98-100(94,95)97-85-84-91(3,4)5)86-96-89(92)82-80-78-76-74-72-70-68-66-64-62-60-58-56-54-52-50-48-41-39-37-35-33-31-29-27-25-23-21-19-17-15-13-11-9-7-2/h18,20,24-27,30,32,88H,6-17,19,21-23,28-29,31,33-87H2,1-5H3/p+1/b20-18-,26-24-,27-25-,32-30-. The lowest BCUT2D eigenvalue weighted by Crippen LogP contribution is -2.37. The molecule has 0 rings (SSSR count). The van der Waals surface area contributed by atoms with Gasteiger partial charge in [-0.2, -0.15) is 0 Å². The van der Waals surface area contributed by atoms with E-state index in [9.17, 15) is 19.0 Å². The van der Waals surface area contributed by atoms with Gasteiger partial charge in [0.15, 0.2) is 6.10 Å². The molecule has 0 aromatic heterocycles. The van der Waals surface area contributed by atoms with Crippen molar-refractivity contribution in [2.75, 3.05) is 47.5 Å². The number of hydrogen-bond donors (Lipinski definition) is 1. The van der Waals surface area contributed by atoms with E-state index in [-0.39, 0.29) is 25.6 Å². The number of phosphoric ester groups is 1. The third kappa shape index (κ3) is 84.9. The van der Waals surface area contributed by atoms with Gasteiger partial charge in [-0.25, -0.2) is 4.57 Å². The number of phosphoric acid groups is 1. The molecular formula is C90H173NO8P+. The molecule has 2 atom stereocenters. The summed E-state index contributed by atoms with van der Waals surface area (Å²) in [5.41, 5.74) is 0. The van der Waals surface area contributed by atoms with Crippen molar-refractivity contribution in [1.29, 1.82) is 0 Å². The van der Waals surface area contributed by atoms with Crippen molar-refractivity contribution in [1.82, 2.24) is 0 Å². The Hall–Kier alpha value is -2.03. The highest BCUT2D eigenvalue weighted by Crippen LogP contribution is 2.43. The van der Waals surface area contributed by atoms with E-state index in [2.05, 4.69) is 62.5 Å². The average molecular weight is 1430 g/mol. The number of carbonyl (C=O) groups excluding carboxylic acids is 2. The molecule has 1 N–H and O–H groups in total. The van der Waals surface area contributed by atoms with Crippen molar-refractivity contribution >= 4 is 19.8 Å². The van der Waals surface area contributed by atoms with Crippen molar-refractivity contribution in [2.45, 2.75) is 469 Å². The highest BCUT2D eigenvalue weighted by atomic mass is 31.2. The summed E-state index contributed by atoms with van der Waals surface area (Å²) in [6.45, 7) is 4.51. The van der Waals surface area contributed by atoms with Crippen molar-refractivity contribution in [3.63, 3.8) is 0 Å². The normalized spacial score (nSPS) is 13.1. The minimum atomic E-state index is -4.39. The molecule has 9 nitrogen and oxygen atoms in total. The van der Waals surface area contributed by atoms with Gasteiger partial charge in [-0.1, -0.05) is 422 Å². The van der Waals surface area contributed by atoms with Crippen molar-refractivity contribution in [3.8, 4) is 0 Å². The first kappa shape index (κ1) is 98.0. The Kier molecular flexibility index (Phi) is 79.4. The molecule has 0 spiro atoms. The van der Waals surface area contributed by atoms with Crippen molar-refractivity contribution < 1.29 is 42.1 Å². The van der Waals surface area contributed by atoms with Crippen LogP contribution in [-0.2, 0) is 32.7 Å². The Morgan fingerprint density at radius 1 is 0.310 bits per heavy atom. The second kappa shape index (κ2) is 81.1. The van der Waals surface area contributed by atoms with Crippen molar-refractivity contribution in [2.24, 2.45) is 0 Å². The van der Waals surface area contributed by atoms with Gasteiger partial charge < -0.3 is 18.9 Å². The molecule has 0 radical (unpaired) electrons. The molecule has 590 valence electrons. The molecule has 100 heavy (non-hydrogen) atoms. The maximum absolute atomic E-state index is 12.9. The quantitative estimate of drug-likeness (QED) is 0.0211. The Balaban J connectivity index is 3.85. The number of quaternary nitrogens is 1. The van der Waals surface area contributed by atoms with Gasteiger partial charge in [0.25, 0.3) is 0 Å². The molecule has 2 unspecified atom stereocenters. The Labute approximate surface area is 624 Å². The SMILES string of the molecule is CCCCCCC/C=C\C/C=C\C/C=C\CCCCCCCCCCCCCCCCCCCCCCCCCCCCC(=O)OC(COC(=O)CCCCCCCCCCCCCCCCCCCCCCCCC/C=C\CCCCCCCCCC)COP(=O)(O)OCC[N+](C)(C)C. The van der Waals surface area contributed by atoms with E-state index in [1.54, 1.807) is 0 Å². The molecule has 0 aliphatic carbocycles. The van der Waals surface area contributed by atoms with Crippen LogP contribution in [0.25, 0.3) is 0 Å². The van der Waals surface area contributed by atoms with Crippen LogP contribution in [0, 0.1) is 0 Å². The topological polar surface area (TPSA) is 108 Å². The smallest absolute Gasteiger partial charge is 0.462 e. The van der Waals surface area contributed by atoms with E-state index in [0.717, 1.165) is 44.9 Å². The minimum Gasteiger partial charge on any atom is -0.462 e. The van der Waals surface area contributed by atoms with Crippen LogP contribution in [0.3, 0.4) is 0 Å². The van der Waals surface area contributed by atoms with E-state index in [0.29, 0.717) is 23.9 Å². The first-order valence-corrected chi connectivity index (χ1v) is 45.9. The molecule has 0 fully saturated rings. The Morgan fingerprint density at radius 2 is 0.540 bits per heavy atom. The van der Waals surface area contributed by atoms with Crippen LogP contribution >= 0.6 is 7.82 Å². The summed E-state index contributed by atoms with van der Waals surface area (Å²) in [5, 5.41) is 0. The zero-order chi connectivity index (χ0) is 72.5. The molecule has 0 heterocycles. The third-order valence-electron chi connectivity index (χ3n) is 20.3. The van der Waals surface area contributed by atoms with Gasteiger partial charge in [-0.05, 0) is 77.0 Å². The summed E-state index contributed by atoms with van der Waals surface area (Å²) >= 11 is 0. The predicted molar refractivity (Wildman–Crippen MR) is 437 cm³/mol. The fourth-order valence-corrected chi connectivity index (χ4v) is 14.3.